The Morgan fingerprint density at radius 3 is 2.40 bits per heavy atom. The number of rotatable bonds is 9. The molecule has 240 valence electrons. The summed E-state index contributed by atoms with van der Waals surface area (Å²) in [6.07, 6.45) is -6.51. The predicted octanol–water partition coefficient (Wildman–Crippen LogP) is 5.76. The Morgan fingerprint density at radius 2 is 1.73 bits per heavy atom. The van der Waals surface area contributed by atoms with E-state index in [2.05, 4.69) is 16.0 Å². The predicted molar refractivity (Wildman–Crippen MR) is 169 cm³/mol. The van der Waals surface area contributed by atoms with E-state index in [1.54, 1.807) is 30.3 Å². The summed E-state index contributed by atoms with van der Waals surface area (Å²) in [7, 11) is 0. The number of nitrogens with one attached hydrogen (secondary N) is 3. The molecule has 3 unspecified atom stereocenters. The summed E-state index contributed by atoms with van der Waals surface area (Å²) in [5.41, 5.74) is 1.30. The Hall–Kier alpha value is -3.74. The van der Waals surface area contributed by atoms with E-state index in [0.29, 0.717) is 11.6 Å². The van der Waals surface area contributed by atoms with E-state index in [-0.39, 0.29) is 30.4 Å². The van der Waals surface area contributed by atoms with Gasteiger partial charge >= 0.3 is 12.2 Å². The number of nitrogens with zero attached hydrogens (tertiary/aromatic N) is 1. The zero-order valence-electron chi connectivity index (χ0n) is 24.8. The SMILES string of the molecule is Cc1ccccc1CNC(=O)C1N(C(=O)C(O)C(Cc2ccccc2)NC(=O)Nc2ccc(Cl)c(C(F)(F)F)c2)CSC1(C)C. The minimum atomic E-state index is -4.74. The largest absolute Gasteiger partial charge is 0.417 e. The van der Waals surface area contributed by atoms with Crippen molar-refractivity contribution in [1.82, 2.24) is 15.5 Å². The van der Waals surface area contributed by atoms with Gasteiger partial charge < -0.3 is 26.0 Å². The fourth-order valence-electron chi connectivity index (χ4n) is 5.11. The van der Waals surface area contributed by atoms with Crippen molar-refractivity contribution in [3.05, 3.63) is 100 Å². The van der Waals surface area contributed by atoms with Crippen molar-refractivity contribution in [1.29, 1.82) is 0 Å². The average molecular weight is 663 g/mol. The van der Waals surface area contributed by atoms with Crippen LogP contribution in [0.2, 0.25) is 5.02 Å². The molecular formula is C32H34ClF3N4O4S. The monoisotopic (exact) mass is 662 g/mol. The number of aliphatic hydroxyl groups is 1. The number of thioether (sulfide) groups is 1. The van der Waals surface area contributed by atoms with Gasteiger partial charge in [-0.25, -0.2) is 4.79 Å². The maximum absolute atomic E-state index is 13.8. The van der Waals surface area contributed by atoms with Gasteiger partial charge in [0.15, 0.2) is 6.10 Å². The lowest BCUT2D eigenvalue weighted by Crippen LogP contribution is -2.59. The van der Waals surface area contributed by atoms with Gasteiger partial charge in [0.1, 0.15) is 6.04 Å². The summed E-state index contributed by atoms with van der Waals surface area (Å²) in [6, 6.07) is 16.2. The number of alkyl halides is 3. The van der Waals surface area contributed by atoms with Gasteiger partial charge in [0.25, 0.3) is 5.91 Å². The Kier molecular flexibility index (Phi) is 10.7. The van der Waals surface area contributed by atoms with Crippen LogP contribution in [0, 0.1) is 6.92 Å². The molecule has 1 aliphatic rings. The lowest BCUT2D eigenvalue weighted by atomic mass is 9.97. The van der Waals surface area contributed by atoms with Crippen LogP contribution in [0.1, 0.15) is 36.1 Å². The normalized spacial score (nSPS) is 17.3. The number of benzene rings is 3. The first-order valence-corrected chi connectivity index (χ1v) is 15.5. The average Bonchev–Trinajstić information content (AvgIpc) is 3.31. The third-order valence-electron chi connectivity index (χ3n) is 7.57. The second kappa shape index (κ2) is 14.1. The van der Waals surface area contributed by atoms with Crippen molar-refractivity contribution in [2.75, 3.05) is 11.2 Å². The molecule has 4 amide bonds. The van der Waals surface area contributed by atoms with Crippen LogP contribution in [0.5, 0.6) is 0 Å². The zero-order valence-corrected chi connectivity index (χ0v) is 26.4. The molecule has 0 aromatic heterocycles. The van der Waals surface area contributed by atoms with Crippen LogP contribution in [0.25, 0.3) is 0 Å². The Bertz CT molecular complexity index is 1540. The van der Waals surface area contributed by atoms with Gasteiger partial charge in [-0.2, -0.15) is 13.2 Å². The third-order valence-corrected chi connectivity index (χ3v) is 9.27. The molecule has 4 N–H and O–H groups in total. The molecule has 3 atom stereocenters. The fourth-order valence-corrected chi connectivity index (χ4v) is 6.47. The molecule has 1 fully saturated rings. The second-order valence-electron chi connectivity index (χ2n) is 11.3. The summed E-state index contributed by atoms with van der Waals surface area (Å²) in [6.45, 7) is 5.86. The van der Waals surface area contributed by atoms with Crippen LogP contribution in [-0.4, -0.2) is 56.7 Å². The van der Waals surface area contributed by atoms with Crippen LogP contribution in [0.3, 0.4) is 0 Å². The molecular weight excluding hydrogens is 629 g/mol. The van der Waals surface area contributed by atoms with E-state index in [4.69, 9.17) is 11.6 Å². The van der Waals surface area contributed by atoms with Crippen LogP contribution in [0.4, 0.5) is 23.7 Å². The maximum atomic E-state index is 13.8. The number of carbonyl (C=O) groups excluding carboxylic acids is 3. The van der Waals surface area contributed by atoms with E-state index in [9.17, 15) is 32.7 Å². The first kappa shape index (κ1) is 34.1. The second-order valence-corrected chi connectivity index (χ2v) is 13.3. The van der Waals surface area contributed by atoms with Crippen molar-refractivity contribution >= 4 is 46.9 Å². The van der Waals surface area contributed by atoms with Crippen LogP contribution in [-0.2, 0) is 28.7 Å². The highest BCUT2D eigenvalue weighted by atomic mass is 35.5. The standard InChI is InChI=1S/C32H34ClF3N4O4S/c1-19-9-7-8-12-21(19)17-37-28(42)27-31(2,3)45-18-40(27)29(43)26(41)25(15-20-10-5-4-6-11-20)39-30(44)38-22-13-14-24(33)23(16-22)32(34,35)36/h4-14,16,25-27,41H,15,17-18H2,1-3H3,(H,37,42)(H2,38,39,44). The number of hydrogen-bond donors (Lipinski definition) is 4. The van der Waals surface area contributed by atoms with E-state index >= 15 is 0 Å². The summed E-state index contributed by atoms with van der Waals surface area (Å²) >= 11 is 7.07. The third kappa shape index (κ3) is 8.50. The lowest BCUT2D eigenvalue weighted by Gasteiger charge is -2.33. The zero-order chi connectivity index (χ0) is 32.9. The summed E-state index contributed by atoms with van der Waals surface area (Å²) in [4.78, 5) is 41.6. The number of halogens is 4. The molecule has 0 radical (unpaired) electrons. The lowest BCUT2D eigenvalue weighted by molar-refractivity contribution is -0.147. The van der Waals surface area contributed by atoms with E-state index in [1.807, 2.05) is 45.0 Å². The molecule has 3 aromatic rings. The molecule has 0 bridgehead atoms. The highest BCUT2D eigenvalue weighted by Crippen LogP contribution is 2.40. The highest BCUT2D eigenvalue weighted by molar-refractivity contribution is 8.00. The summed E-state index contributed by atoms with van der Waals surface area (Å²) in [5, 5.41) is 18.6. The Labute approximate surface area is 268 Å². The number of urea groups is 1. The molecule has 4 rings (SSSR count). The van der Waals surface area contributed by atoms with E-state index in [1.165, 1.54) is 22.7 Å². The topological polar surface area (TPSA) is 111 Å². The summed E-state index contributed by atoms with van der Waals surface area (Å²) in [5.74, 6) is -1.03. The molecule has 1 heterocycles. The van der Waals surface area contributed by atoms with Crippen LogP contribution in [0.15, 0.2) is 72.8 Å². The van der Waals surface area contributed by atoms with Crippen LogP contribution >= 0.6 is 23.4 Å². The van der Waals surface area contributed by atoms with Gasteiger partial charge in [-0.05, 0) is 62.1 Å². The van der Waals surface area contributed by atoms with Crippen molar-refractivity contribution in [2.45, 2.75) is 62.8 Å². The molecule has 1 aliphatic heterocycles. The number of anilines is 1. The molecule has 3 aromatic carbocycles. The van der Waals surface area contributed by atoms with E-state index in [0.717, 1.165) is 17.2 Å². The van der Waals surface area contributed by atoms with Gasteiger partial charge in [-0.3, -0.25) is 9.59 Å². The van der Waals surface area contributed by atoms with Gasteiger partial charge in [0.05, 0.1) is 22.5 Å². The fraction of sp³-hybridized carbons (Fsp3) is 0.344. The van der Waals surface area contributed by atoms with Gasteiger partial charge in [0.2, 0.25) is 5.91 Å². The number of aryl methyl sites for hydroxylation is 1. The number of hydrogen-bond acceptors (Lipinski definition) is 5. The molecule has 0 saturated carbocycles. The minimum Gasteiger partial charge on any atom is -0.381 e. The van der Waals surface area contributed by atoms with Gasteiger partial charge in [-0.15, -0.1) is 11.8 Å². The maximum Gasteiger partial charge on any atom is 0.417 e. The van der Waals surface area contributed by atoms with Crippen molar-refractivity contribution < 1.29 is 32.7 Å². The molecule has 13 heteroatoms. The molecule has 8 nitrogen and oxygen atoms in total. The molecule has 45 heavy (non-hydrogen) atoms. The molecule has 1 saturated heterocycles. The molecule has 0 aliphatic carbocycles. The highest BCUT2D eigenvalue weighted by Gasteiger charge is 2.49. The van der Waals surface area contributed by atoms with Crippen molar-refractivity contribution in [3.63, 3.8) is 0 Å². The quantitative estimate of drug-likeness (QED) is 0.233. The number of carbonyl (C=O) groups is 3. The smallest absolute Gasteiger partial charge is 0.381 e. The van der Waals surface area contributed by atoms with Gasteiger partial charge in [-0.1, -0.05) is 66.2 Å². The number of aliphatic hydroxyl groups excluding tert-OH is 1. The Balaban J connectivity index is 1.53. The first-order chi connectivity index (χ1) is 21.2. The van der Waals surface area contributed by atoms with Crippen molar-refractivity contribution in [3.8, 4) is 0 Å². The van der Waals surface area contributed by atoms with Crippen molar-refractivity contribution in [2.24, 2.45) is 0 Å². The van der Waals surface area contributed by atoms with Gasteiger partial charge in [0, 0.05) is 17.0 Å². The van der Waals surface area contributed by atoms with E-state index < -0.39 is 51.6 Å². The summed E-state index contributed by atoms with van der Waals surface area (Å²) < 4.78 is 39.3. The number of amides is 4. The van der Waals surface area contributed by atoms with Crippen LogP contribution < -0.4 is 16.0 Å². The first-order valence-electron chi connectivity index (χ1n) is 14.1. The molecule has 0 spiro atoms. The minimum absolute atomic E-state index is 0.0180. The Morgan fingerprint density at radius 1 is 1.07 bits per heavy atom.